The van der Waals surface area contributed by atoms with Gasteiger partial charge in [0.2, 0.25) is 0 Å². The van der Waals surface area contributed by atoms with Crippen LogP contribution in [-0.4, -0.2) is 26.7 Å². The van der Waals surface area contributed by atoms with E-state index in [1.54, 1.807) is 29.0 Å². The number of hydrogen-bond acceptors (Lipinski definition) is 4. The third-order valence-electron chi connectivity index (χ3n) is 4.11. The summed E-state index contributed by atoms with van der Waals surface area (Å²) >= 11 is 1.41. The van der Waals surface area contributed by atoms with E-state index in [9.17, 15) is 9.18 Å². The molecule has 0 radical (unpaired) electrons. The van der Waals surface area contributed by atoms with E-state index in [2.05, 4.69) is 15.3 Å². The molecule has 0 spiro atoms. The minimum Gasteiger partial charge on any atom is -0.319 e. The SMILES string of the molecule is CSc1ncc(C(=O)Nc2cccc3cccnc23)n1-c1ccc(F)cc1. The number of carbonyl (C=O) groups excluding carboxylic acids is 1. The third kappa shape index (κ3) is 3.29. The van der Waals surface area contributed by atoms with E-state index >= 15 is 0 Å². The number of hydrogen-bond donors (Lipinski definition) is 1. The molecule has 1 amide bonds. The second kappa shape index (κ2) is 7.20. The van der Waals surface area contributed by atoms with Gasteiger partial charge in [-0.05, 0) is 42.7 Å². The Bertz CT molecular complexity index is 1120. The second-order valence-electron chi connectivity index (χ2n) is 5.78. The number of nitrogens with zero attached hydrogens (tertiary/aromatic N) is 3. The zero-order chi connectivity index (χ0) is 18.8. The summed E-state index contributed by atoms with van der Waals surface area (Å²) in [5.41, 5.74) is 2.36. The zero-order valence-corrected chi connectivity index (χ0v) is 15.2. The van der Waals surface area contributed by atoms with Crippen molar-refractivity contribution in [1.29, 1.82) is 0 Å². The maximum absolute atomic E-state index is 13.3. The first-order valence-electron chi connectivity index (χ1n) is 8.20. The number of imidazole rings is 1. The summed E-state index contributed by atoms with van der Waals surface area (Å²) in [6.07, 6.45) is 5.08. The van der Waals surface area contributed by atoms with E-state index in [1.165, 1.54) is 30.1 Å². The van der Waals surface area contributed by atoms with Crippen LogP contribution in [0, 0.1) is 5.82 Å². The van der Waals surface area contributed by atoms with Crippen molar-refractivity contribution in [3.8, 4) is 5.69 Å². The number of pyridine rings is 1. The molecule has 134 valence electrons. The van der Waals surface area contributed by atoms with Crippen LogP contribution in [-0.2, 0) is 0 Å². The monoisotopic (exact) mass is 378 g/mol. The number of anilines is 1. The summed E-state index contributed by atoms with van der Waals surface area (Å²) in [5, 5.41) is 4.49. The molecule has 0 unspecified atom stereocenters. The number of fused-ring (bicyclic) bond motifs is 1. The molecule has 1 N–H and O–H groups in total. The highest BCUT2D eigenvalue weighted by Gasteiger charge is 2.18. The lowest BCUT2D eigenvalue weighted by atomic mass is 10.2. The van der Waals surface area contributed by atoms with E-state index in [0.29, 0.717) is 27.7 Å². The van der Waals surface area contributed by atoms with E-state index in [-0.39, 0.29) is 11.7 Å². The van der Waals surface area contributed by atoms with Crippen LogP contribution in [0.15, 0.2) is 72.1 Å². The normalized spacial score (nSPS) is 10.9. The standard InChI is InChI=1S/C20H15FN4OS/c1-27-20-23-12-17(25(20)15-9-7-14(21)8-10-15)19(26)24-16-6-2-4-13-5-3-11-22-18(13)16/h2-12H,1H3,(H,24,26). The Kier molecular flexibility index (Phi) is 4.60. The maximum atomic E-state index is 13.3. The molecule has 0 fully saturated rings. The molecule has 0 saturated heterocycles. The van der Waals surface area contributed by atoms with Crippen molar-refractivity contribution >= 4 is 34.3 Å². The van der Waals surface area contributed by atoms with E-state index in [4.69, 9.17) is 0 Å². The van der Waals surface area contributed by atoms with Crippen molar-refractivity contribution in [3.05, 3.63) is 78.5 Å². The largest absolute Gasteiger partial charge is 0.319 e. The highest BCUT2D eigenvalue weighted by Crippen LogP contribution is 2.25. The quantitative estimate of drug-likeness (QED) is 0.530. The maximum Gasteiger partial charge on any atom is 0.274 e. The number of halogens is 1. The molecule has 0 bridgehead atoms. The average Bonchev–Trinajstić information content (AvgIpc) is 3.13. The summed E-state index contributed by atoms with van der Waals surface area (Å²) < 4.78 is 15.0. The first kappa shape index (κ1) is 17.2. The Morgan fingerprint density at radius 2 is 1.85 bits per heavy atom. The lowest BCUT2D eigenvalue weighted by molar-refractivity contribution is 0.102. The zero-order valence-electron chi connectivity index (χ0n) is 14.4. The molecule has 2 aromatic carbocycles. The van der Waals surface area contributed by atoms with Crippen LogP contribution in [0.3, 0.4) is 0 Å². The molecule has 0 aliphatic rings. The van der Waals surface area contributed by atoms with Gasteiger partial charge in [0, 0.05) is 17.3 Å². The molecule has 0 aliphatic carbocycles. The van der Waals surface area contributed by atoms with Crippen molar-refractivity contribution in [2.45, 2.75) is 5.16 Å². The van der Waals surface area contributed by atoms with E-state index in [1.807, 2.05) is 30.5 Å². The first-order chi connectivity index (χ1) is 13.2. The fourth-order valence-electron chi connectivity index (χ4n) is 2.87. The molecule has 0 atom stereocenters. The first-order valence-corrected chi connectivity index (χ1v) is 9.42. The van der Waals surface area contributed by atoms with Crippen molar-refractivity contribution < 1.29 is 9.18 Å². The number of benzene rings is 2. The lowest BCUT2D eigenvalue weighted by Gasteiger charge is -2.12. The summed E-state index contributed by atoms with van der Waals surface area (Å²) in [5.74, 6) is -0.650. The number of amides is 1. The number of aromatic nitrogens is 3. The summed E-state index contributed by atoms with van der Waals surface area (Å²) in [4.78, 5) is 21.6. The number of nitrogens with one attached hydrogen (secondary N) is 1. The molecule has 7 heteroatoms. The Balaban J connectivity index is 1.74. The van der Waals surface area contributed by atoms with Gasteiger partial charge in [-0.3, -0.25) is 14.3 Å². The molecule has 4 rings (SSSR count). The van der Waals surface area contributed by atoms with Gasteiger partial charge in [-0.1, -0.05) is 30.0 Å². The van der Waals surface area contributed by atoms with Crippen molar-refractivity contribution in [2.75, 3.05) is 11.6 Å². The van der Waals surface area contributed by atoms with Crippen molar-refractivity contribution in [3.63, 3.8) is 0 Å². The highest BCUT2D eigenvalue weighted by atomic mass is 32.2. The summed E-state index contributed by atoms with van der Waals surface area (Å²) in [7, 11) is 0. The van der Waals surface area contributed by atoms with Gasteiger partial charge in [-0.25, -0.2) is 9.37 Å². The van der Waals surface area contributed by atoms with Gasteiger partial charge in [0.15, 0.2) is 5.16 Å². The molecule has 27 heavy (non-hydrogen) atoms. The van der Waals surface area contributed by atoms with Crippen LogP contribution in [0.4, 0.5) is 10.1 Å². The van der Waals surface area contributed by atoms with Crippen molar-refractivity contribution in [1.82, 2.24) is 14.5 Å². The molecule has 0 saturated carbocycles. The fourth-order valence-corrected chi connectivity index (χ4v) is 3.41. The van der Waals surface area contributed by atoms with E-state index in [0.717, 1.165) is 5.39 Å². The van der Waals surface area contributed by atoms with Gasteiger partial charge in [0.1, 0.15) is 11.5 Å². The van der Waals surface area contributed by atoms with Crippen LogP contribution in [0.2, 0.25) is 0 Å². The smallest absolute Gasteiger partial charge is 0.274 e. The molecule has 2 heterocycles. The van der Waals surface area contributed by atoms with Gasteiger partial charge in [-0.15, -0.1) is 0 Å². The molecule has 2 aromatic heterocycles. The summed E-state index contributed by atoms with van der Waals surface area (Å²) in [6.45, 7) is 0. The van der Waals surface area contributed by atoms with Crippen LogP contribution in [0.1, 0.15) is 10.5 Å². The molecular weight excluding hydrogens is 363 g/mol. The van der Waals surface area contributed by atoms with Gasteiger partial charge in [0.05, 0.1) is 17.4 Å². The molecule has 0 aliphatic heterocycles. The Morgan fingerprint density at radius 3 is 2.63 bits per heavy atom. The Hall–Kier alpha value is -3.19. The van der Waals surface area contributed by atoms with Gasteiger partial charge < -0.3 is 5.32 Å². The van der Waals surface area contributed by atoms with Crippen LogP contribution < -0.4 is 5.32 Å². The number of carbonyl (C=O) groups is 1. The predicted octanol–water partition coefficient (Wildman–Crippen LogP) is 4.53. The van der Waals surface area contributed by atoms with Crippen LogP contribution in [0.5, 0.6) is 0 Å². The number of rotatable bonds is 4. The third-order valence-corrected chi connectivity index (χ3v) is 4.76. The Morgan fingerprint density at radius 1 is 1.07 bits per heavy atom. The van der Waals surface area contributed by atoms with Gasteiger partial charge in [0.25, 0.3) is 5.91 Å². The lowest BCUT2D eigenvalue weighted by Crippen LogP contribution is -2.17. The van der Waals surface area contributed by atoms with Gasteiger partial charge in [-0.2, -0.15) is 0 Å². The molecular formula is C20H15FN4OS. The highest BCUT2D eigenvalue weighted by molar-refractivity contribution is 7.98. The predicted molar refractivity (Wildman–Crippen MR) is 105 cm³/mol. The Labute approximate surface area is 159 Å². The minimum absolute atomic E-state index is 0.315. The van der Waals surface area contributed by atoms with Crippen LogP contribution >= 0.6 is 11.8 Å². The van der Waals surface area contributed by atoms with E-state index < -0.39 is 0 Å². The minimum atomic E-state index is -0.336. The fraction of sp³-hybridized carbons (Fsp3) is 0.0500. The summed E-state index contributed by atoms with van der Waals surface area (Å²) in [6, 6.07) is 15.3. The second-order valence-corrected chi connectivity index (χ2v) is 6.55. The van der Waals surface area contributed by atoms with Crippen LogP contribution in [0.25, 0.3) is 16.6 Å². The number of para-hydroxylation sites is 1. The van der Waals surface area contributed by atoms with Crippen molar-refractivity contribution in [2.24, 2.45) is 0 Å². The molecule has 5 nitrogen and oxygen atoms in total. The molecule has 4 aromatic rings. The van der Waals surface area contributed by atoms with Gasteiger partial charge >= 0.3 is 0 Å². The topological polar surface area (TPSA) is 59.8 Å². The average molecular weight is 378 g/mol. The number of thioether (sulfide) groups is 1.